The third kappa shape index (κ3) is 8.78. The molecule has 0 saturated carbocycles. The lowest BCUT2D eigenvalue weighted by atomic mass is 9.83. The lowest BCUT2D eigenvalue weighted by molar-refractivity contribution is -0.155. The number of hydrogen-bond acceptors (Lipinski definition) is 10. The van der Waals surface area contributed by atoms with Crippen LogP contribution in [-0.2, 0) is 25.6 Å². The Morgan fingerprint density at radius 3 is 2.25 bits per heavy atom. The second-order valence-electron chi connectivity index (χ2n) is 12.1. The van der Waals surface area contributed by atoms with Gasteiger partial charge in [0.15, 0.2) is 23.1 Å². The Hall–Kier alpha value is -4.29. The Morgan fingerprint density at radius 2 is 1.67 bits per heavy atom. The summed E-state index contributed by atoms with van der Waals surface area (Å²) >= 11 is 3.64. The monoisotopic (exact) mass is 726 g/mol. The van der Waals surface area contributed by atoms with Crippen molar-refractivity contribution in [1.29, 1.82) is 0 Å². The molecule has 1 aliphatic rings. The van der Waals surface area contributed by atoms with Crippen molar-refractivity contribution < 1.29 is 43.1 Å². The molecule has 11 nitrogen and oxygen atoms in total. The van der Waals surface area contributed by atoms with Crippen LogP contribution in [0.4, 0.5) is 0 Å². The summed E-state index contributed by atoms with van der Waals surface area (Å²) in [6.45, 7) is 5.88. The molecule has 1 amide bonds. The van der Waals surface area contributed by atoms with E-state index in [1.165, 1.54) is 21.3 Å². The molecule has 48 heavy (non-hydrogen) atoms. The number of rotatable bonds is 15. The number of nitrogens with one attached hydrogen (secondary N) is 1. The van der Waals surface area contributed by atoms with Gasteiger partial charge in [-0.3, -0.25) is 9.59 Å². The minimum absolute atomic E-state index is 0.000850. The van der Waals surface area contributed by atoms with Crippen LogP contribution in [0, 0.1) is 0 Å². The largest absolute Gasteiger partial charge is 0.494 e. The van der Waals surface area contributed by atoms with E-state index in [-0.39, 0.29) is 31.9 Å². The number of aliphatic hydroxyl groups is 1. The molecule has 0 unspecified atom stereocenters. The predicted molar refractivity (Wildman–Crippen MR) is 184 cm³/mol. The van der Waals surface area contributed by atoms with Crippen molar-refractivity contribution in [3.05, 3.63) is 81.8 Å². The number of ether oxygens (including phenoxy) is 6. The minimum Gasteiger partial charge on any atom is -0.494 e. The van der Waals surface area contributed by atoms with Crippen molar-refractivity contribution in [2.45, 2.75) is 63.8 Å². The molecule has 0 spiro atoms. The van der Waals surface area contributed by atoms with Crippen LogP contribution in [0.2, 0.25) is 0 Å². The zero-order valence-corrected chi connectivity index (χ0v) is 29.7. The summed E-state index contributed by atoms with van der Waals surface area (Å²) in [5.74, 6) is 1.27. The first-order valence-electron chi connectivity index (χ1n) is 15.6. The van der Waals surface area contributed by atoms with Crippen molar-refractivity contribution >= 4 is 33.7 Å². The van der Waals surface area contributed by atoms with Gasteiger partial charge in [0.2, 0.25) is 11.6 Å². The van der Waals surface area contributed by atoms with Gasteiger partial charge in [0, 0.05) is 41.6 Å². The summed E-state index contributed by atoms with van der Waals surface area (Å²) in [5, 5.41) is 12.1. The smallest absolute Gasteiger partial charge is 0.306 e. The fourth-order valence-corrected chi connectivity index (χ4v) is 5.79. The zero-order chi connectivity index (χ0) is 34.9. The summed E-state index contributed by atoms with van der Waals surface area (Å²) in [6, 6.07) is 18.1. The molecular formula is C36H43BrN2O9. The average Bonchev–Trinajstić information content (AvgIpc) is 3.46. The zero-order valence-electron chi connectivity index (χ0n) is 28.1. The summed E-state index contributed by atoms with van der Waals surface area (Å²) in [6.07, 6.45) is -0.476. The number of aliphatic imine (C=N–C) groups is 1. The second-order valence-corrected chi connectivity index (χ2v) is 13.0. The first-order valence-corrected chi connectivity index (χ1v) is 16.4. The van der Waals surface area contributed by atoms with Gasteiger partial charge in [-0.15, -0.1) is 0 Å². The van der Waals surface area contributed by atoms with E-state index in [4.69, 9.17) is 38.5 Å². The Bertz CT molecular complexity index is 1580. The molecule has 4 rings (SSSR count). The number of carbonyl (C=O) groups is 2. The number of aliphatic hydroxyl groups excluding tert-OH is 1. The Balaban J connectivity index is 1.75. The number of methoxy groups -OCH3 is 3. The number of halogens is 1. The fraction of sp³-hybridized carbons (Fsp3) is 0.417. The van der Waals surface area contributed by atoms with Crippen LogP contribution in [-0.4, -0.2) is 68.6 Å². The number of esters is 1. The van der Waals surface area contributed by atoms with E-state index in [2.05, 4.69) is 21.2 Å². The van der Waals surface area contributed by atoms with Crippen LogP contribution in [0.3, 0.4) is 0 Å². The van der Waals surface area contributed by atoms with E-state index in [0.29, 0.717) is 52.7 Å². The molecule has 0 fully saturated rings. The Kier molecular flexibility index (Phi) is 12.3. The van der Waals surface area contributed by atoms with E-state index in [0.717, 1.165) is 4.47 Å². The standard InChI is InChI=1S/C36H43BrN2O9/c1-35(2,3)48-30(41)16-17-36(34(42)38-22-23-20-28(43-4)31(45-6)29(21-23)44-5)32(26-10-7-8-11-27(26)37)47-33(39-36)24-12-14-25(15-13-24)46-19-9-18-40/h7-8,10-15,20-21,32,40H,9,16-19,22H2,1-6H3,(H,38,42)/t32-,36-/m1/s1. The summed E-state index contributed by atoms with van der Waals surface area (Å²) < 4.78 is 35.0. The van der Waals surface area contributed by atoms with E-state index in [1.54, 1.807) is 57.2 Å². The van der Waals surface area contributed by atoms with Crippen LogP contribution in [0.15, 0.2) is 70.1 Å². The van der Waals surface area contributed by atoms with Gasteiger partial charge in [-0.25, -0.2) is 4.99 Å². The van der Waals surface area contributed by atoms with Crippen LogP contribution >= 0.6 is 15.9 Å². The van der Waals surface area contributed by atoms with Crippen molar-refractivity contribution in [3.8, 4) is 23.0 Å². The molecule has 3 aromatic rings. The van der Waals surface area contributed by atoms with Crippen molar-refractivity contribution in [3.63, 3.8) is 0 Å². The normalized spacial score (nSPS) is 17.2. The molecule has 0 bridgehead atoms. The predicted octanol–water partition coefficient (Wildman–Crippen LogP) is 5.93. The topological polar surface area (TPSA) is 134 Å². The van der Waals surface area contributed by atoms with Gasteiger partial charge in [0.1, 0.15) is 11.4 Å². The molecule has 1 heterocycles. The lowest BCUT2D eigenvalue weighted by Crippen LogP contribution is -2.48. The van der Waals surface area contributed by atoms with Gasteiger partial charge in [0.25, 0.3) is 5.91 Å². The maximum absolute atomic E-state index is 14.5. The Labute approximate surface area is 289 Å². The molecular weight excluding hydrogens is 684 g/mol. The third-order valence-electron chi connectivity index (χ3n) is 7.53. The summed E-state index contributed by atoms with van der Waals surface area (Å²) in [5.41, 5.74) is -0.266. The minimum atomic E-state index is -1.56. The highest BCUT2D eigenvalue weighted by Crippen LogP contribution is 2.45. The van der Waals surface area contributed by atoms with Crippen molar-refractivity contribution in [2.75, 3.05) is 34.5 Å². The molecule has 1 aliphatic heterocycles. The van der Waals surface area contributed by atoms with Gasteiger partial charge in [0.05, 0.1) is 27.9 Å². The molecule has 0 aromatic heterocycles. The van der Waals surface area contributed by atoms with Crippen LogP contribution < -0.4 is 24.3 Å². The Morgan fingerprint density at radius 1 is 1.00 bits per heavy atom. The first kappa shape index (κ1) is 36.5. The maximum atomic E-state index is 14.5. The number of amides is 1. The molecule has 0 radical (unpaired) electrons. The SMILES string of the molecule is COc1cc(CNC(=O)[C@]2(CCC(=O)OC(C)(C)C)N=C(c3ccc(OCCCO)cc3)O[C@@H]2c2ccccc2Br)cc(OC)c1OC. The van der Waals surface area contributed by atoms with Crippen LogP contribution in [0.5, 0.6) is 23.0 Å². The van der Waals surface area contributed by atoms with Crippen LogP contribution in [0.25, 0.3) is 0 Å². The highest BCUT2D eigenvalue weighted by molar-refractivity contribution is 9.10. The molecule has 2 N–H and O–H groups in total. The van der Waals surface area contributed by atoms with Crippen molar-refractivity contribution in [1.82, 2.24) is 5.32 Å². The highest BCUT2D eigenvalue weighted by Gasteiger charge is 2.53. The highest BCUT2D eigenvalue weighted by atomic mass is 79.9. The van der Waals surface area contributed by atoms with Gasteiger partial charge in [-0.05, 0) is 75.2 Å². The number of hydrogen-bond donors (Lipinski definition) is 2. The first-order chi connectivity index (χ1) is 22.9. The van der Waals surface area contributed by atoms with E-state index in [1.807, 2.05) is 24.3 Å². The van der Waals surface area contributed by atoms with Crippen LogP contribution in [0.1, 0.15) is 62.8 Å². The molecule has 258 valence electrons. The maximum Gasteiger partial charge on any atom is 0.306 e. The second kappa shape index (κ2) is 16.2. The van der Waals surface area contributed by atoms with Gasteiger partial charge < -0.3 is 38.8 Å². The fourth-order valence-electron chi connectivity index (χ4n) is 5.29. The summed E-state index contributed by atoms with van der Waals surface area (Å²) in [7, 11) is 4.56. The van der Waals surface area contributed by atoms with Crippen molar-refractivity contribution in [2.24, 2.45) is 4.99 Å². The molecule has 12 heteroatoms. The molecule has 2 atom stereocenters. The van der Waals surface area contributed by atoms with E-state index in [9.17, 15) is 9.59 Å². The number of benzene rings is 3. The number of nitrogens with zero attached hydrogens (tertiary/aromatic N) is 1. The third-order valence-corrected chi connectivity index (χ3v) is 8.25. The lowest BCUT2D eigenvalue weighted by Gasteiger charge is -2.31. The average molecular weight is 728 g/mol. The summed E-state index contributed by atoms with van der Waals surface area (Å²) in [4.78, 5) is 32.6. The molecule has 0 saturated heterocycles. The van der Waals surface area contributed by atoms with Gasteiger partial charge in [-0.2, -0.15) is 0 Å². The molecule has 0 aliphatic carbocycles. The number of carbonyl (C=O) groups excluding carboxylic acids is 2. The van der Waals surface area contributed by atoms with Gasteiger partial charge >= 0.3 is 5.97 Å². The van der Waals surface area contributed by atoms with E-state index >= 15 is 0 Å². The van der Waals surface area contributed by atoms with E-state index < -0.39 is 29.1 Å². The molecule has 3 aromatic carbocycles. The quantitative estimate of drug-likeness (QED) is 0.144. The van der Waals surface area contributed by atoms with Gasteiger partial charge in [-0.1, -0.05) is 34.1 Å².